The zero-order chi connectivity index (χ0) is 12.6. The number of hydrogen-bond acceptors (Lipinski definition) is 3. The van der Waals surface area contributed by atoms with E-state index in [0.717, 1.165) is 19.3 Å². The van der Waals surface area contributed by atoms with Gasteiger partial charge in [0.15, 0.2) is 0 Å². The summed E-state index contributed by atoms with van der Waals surface area (Å²) < 4.78 is 6.58. The zero-order valence-corrected chi connectivity index (χ0v) is 10.6. The van der Waals surface area contributed by atoms with E-state index in [9.17, 15) is 9.59 Å². The lowest BCUT2D eigenvalue weighted by Gasteiger charge is -2.40. The summed E-state index contributed by atoms with van der Waals surface area (Å²) in [5.74, 6) is 0. The highest BCUT2D eigenvalue weighted by Crippen LogP contribution is 2.35. The van der Waals surface area contributed by atoms with E-state index in [1.165, 1.54) is 4.57 Å². The van der Waals surface area contributed by atoms with Crippen LogP contribution in [0.25, 0.3) is 0 Å². The van der Waals surface area contributed by atoms with Gasteiger partial charge >= 0.3 is 5.69 Å². The van der Waals surface area contributed by atoms with Crippen LogP contribution in [0.4, 0.5) is 0 Å². The molecule has 0 atom stereocenters. The van der Waals surface area contributed by atoms with Crippen LogP contribution >= 0.6 is 11.6 Å². The monoisotopic (exact) mass is 258 g/mol. The molecule has 0 bridgehead atoms. The molecule has 0 spiro atoms. The van der Waals surface area contributed by atoms with Crippen molar-refractivity contribution in [1.82, 2.24) is 9.55 Å². The van der Waals surface area contributed by atoms with Crippen LogP contribution in [-0.2, 0) is 11.3 Å². The average Bonchev–Trinajstić information content (AvgIpc) is 2.24. The van der Waals surface area contributed by atoms with Gasteiger partial charge in [-0.3, -0.25) is 14.3 Å². The molecular formula is C11H15ClN2O3. The van der Waals surface area contributed by atoms with Crippen LogP contribution in [-0.4, -0.2) is 22.3 Å². The first-order chi connectivity index (χ1) is 7.99. The fourth-order valence-corrected chi connectivity index (χ4v) is 2.23. The summed E-state index contributed by atoms with van der Waals surface area (Å²) in [5, 5.41) is 0.108. The highest BCUT2D eigenvalue weighted by molar-refractivity contribution is 6.30. The Balaban J connectivity index is 2.43. The largest absolute Gasteiger partial charge is 0.376 e. The van der Waals surface area contributed by atoms with Crippen LogP contribution < -0.4 is 11.2 Å². The third kappa shape index (κ3) is 2.05. The second-order valence-electron chi connectivity index (χ2n) is 4.50. The van der Waals surface area contributed by atoms with Crippen molar-refractivity contribution in [3.63, 3.8) is 0 Å². The Kier molecular flexibility index (Phi) is 3.14. The van der Waals surface area contributed by atoms with Gasteiger partial charge in [0.25, 0.3) is 5.56 Å². The quantitative estimate of drug-likeness (QED) is 0.825. The van der Waals surface area contributed by atoms with E-state index < -0.39 is 5.69 Å². The molecule has 17 heavy (non-hydrogen) atoms. The molecule has 0 saturated heterocycles. The summed E-state index contributed by atoms with van der Waals surface area (Å²) in [6.45, 7) is 1.88. The molecule has 1 aliphatic carbocycles. The molecule has 94 valence electrons. The smallest absolute Gasteiger partial charge is 0.329 e. The van der Waals surface area contributed by atoms with Gasteiger partial charge in [-0.05, 0) is 26.2 Å². The van der Waals surface area contributed by atoms with Gasteiger partial charge in [0.2, 0.25) is 0 Å². The van der Waals surface area contributed by atoms with Gasteiger partial charge in [0.05, 0.1) is 12.1 Å². The molecule has 0 aromatic carbocycles. The van der Waals surface area contributed by atoms with Crippen LogP contribution in [0.1, 0.15) is 24.8 Å². The maximum atomic E-state index is 11.9. The van der Waals surface area contributed by atoms with E-state index in [2.05, 4.69) is 4.98 Å². The summed E-state index contributed by atoms with van der Waals surface area (Å²) >= 11 is 5.74. The van der Waals surface area contributed by atoms with Crippen molar-refractivity contribution < 1.29 is 4.74 Å². The first-order valence-corrected chi connectivity index (χ1v) is 5.91. The number of H-pyrrole nitrogens is 1. The van der Waals surface area contributed by atoms with Gasteiger partial charge in [-0.15, -0.1) is 0 Å². The minimum absolute atomic E-state index is 0.108. The van der Waals surface area contributed by atoms with Crippen molar-refractivity contribution in [2.24, 2.45) is 0 Å². The first-order valence-electron chi connectivity index (χ1n) is 5.53. The van der Waals surface area contributed by atoms with E-state index >= 15 is 0 Å². The molecule has 1 heterocycles. The molecule has 0 amide bonds. The Morgan fingerprint density at radius 3 is 2.59 bits per heavy atom. The van der Waals surface area contributed by atoms with E-state index in [-0.39, 0.29) is 22.9 Å². The molecule has 1 fully saturated rings. The van der Waals surface area contributed by atoms with Crippen molar-refractivity contribution in [2.45, 2.75) is 38.3 Å². The molecule has 1 saturated carbocycles. The predicted octanol–water partition coefficient (Wildman–Crippen LogP) is 1.07. The lowest BCUT2D eigenvalue weighted by Crippen LogP contribution is -2.49. The van der Waals surface area contributed by atoms with E-state index in [0.29, 0.717) is 5.56 Å². The number of nitrogens with zero attached hydrogens (tertiary/aromatic N) is 1. The maximum absolute atomic E-state index is 11.9. The number of aromatic nitrogens is 2. The van der Waals surface area contributed by atoms with E-state index in [1.54, 1.807) is 14.0 Å². The lowest BCUT2D eigenvalue weighted by atomic mass is 9.80. The van der Waals surface area contributed by atoms with Gasteiger partial charge in [-0.1, -0.05) is 11.6 Å². The molecular weight excluding hydrogens is 244 g/mol. The van der Waals surface area contributed by atoms with Crippen LogP contribution in [0.2, 0.25) is 5.15 Å². The predicted molar refractivity (Wildman–Crippen MR) is 64.7 cm³/mol. The van der Waals surface area contributed by atoms with Crippen molar-refractivity contribution in [2.75, 3.05) is 7.11 Å². The number of methoxy groups -OCH3 is 1. The molecule has 2 rings (SSSR count). The van der Waals surface area contributed by atoms with Gasteiger partial charge in [-0.25, -0.2) is 4.79 Å². The molecule has 0 aliphatic heterocycles. The number of rotatable bonds is 3. The number of ether oxygens (including phenoxy) is 1. The van der Waals surface area contributed by atoms with Crippen molar-refractivity contribution in [3.05, 3.63) is 31.6 Å². The topological polar surface area (TPSA) is 64.1 Å². The summed E-state index contributed by atoms with van der Waals surface area (Å²) in [7, 11) is 1.61. The van der Waals surface area contributed by atoms with Crippen molar-refractivity contribution in [3.8, 4) is 0 Å². The van der Waals surface area contributed by atoms with Crippen LogP contribution in [0, 0.1) is 6.92 Å². The third-order valence-corrected chi connectivity index (χ3v) is 3.88. The first kappa shape index (κ1) is 12.4. The molecule has 6 heteroatoms. The van der Waals surface area contributed by atoms with Crippen molar-refractivity contribution >= 4 is 11.6 Å². The molecule has 1 aromatic heterocycles. The molecule has 0 radical (unpaired) electrons. The van der Waals surface area contributed by atoms with Gasteiger partial charge < -0.3 is 4.74 Å². The third-order valence-electron chi connectivity index (χ3n) is 3.50. The minimum Gasteiger partial charge on any atom is -0.376 e. The molecule has 5 nitrogen and oxygen atoms in total. The fraction of sp³-hybridized carbons (Fsp3) is 0.636. The Morgan fingerprint density at radius 1 is 1.47 bits per heavy atom. The summed E-state index contributed by atoms with van der Waals surface area (Å²) in [6, 6.07) is 0. The highest BCUT2D eigenvalue weighted by atomic mass is 35.5. The average molecular weight is 259 g/mol. The van der Waals surface area contributed by atoms with Gasteiger partial charge in [0.1, 0.15) is 5.15 Å². The molecule has 0 unspecified atom stereocenters. The van der Waals surface area contributed by atoms with E-state index in [1.807, 2.05) is 0 Å². The van der Waals surface area contributed by atoms with Crippen LogP contribution in [0.15, 0.2) is 9.59 Å². The zero-order valence-electron chi connectivity index (χ0n) is 9.88. The molecule has 1 aromatic rings. The number of hydrogen-bond donors (Lipinski definition) is 1. The number of nitrogens with one attached hydrogen (secondary N) is 1. The van der Waals surface area contributed by atoms with Gasteiger partial charge in [-0.2, -0.15) is 0 Å². The number of aromatic amines is 1. The Hall–Kier alpha value is -1.07. The summed E-state index contributed by atoms with van der Waals surface area (Å²) in [5.41, 5.74) is -0.829. The number of halogens is 1. The van der Waals surface area contributed by atoms with E-state index in [4.69, 9.17) is 16.3 Å². The van der Waals surface area contributed by atoms with Crippen LogP contribution in [0.3, 0.4) is 0 Å². The minimum atomic E-state index is -0.478. The Morgan fingerprint density at radius 2 is 2.12 bits per heavy atom. The van der Waals surface area contributed by atoms with Crippen molar-refractivity contribution in [1.29, 1.82) is 0 Å². The van der Waals surface area contributed by atoms with Crippen LogP contribution in [0.5, 0.6) is 0 Å². The molecule has 1 aliphatic rings. The Bertz CT molecular complexity index is 537. The Labute approximate surface area is 103 Å². The molecule has 1 N–H and O–H groups in total. The standard InChI is InChI=1S/C11H15ClN2O3/c1-7-8(12)13-10(16)14(9(7)15)6-11(17-2)4-3-5-11/h3-6H2,1-2H3,(H,13,16). The second kappa shape index (κ2) is 4.31. The summed E-state index contributed by atoms with van der Waals surface area (Å²) in [6.07, 6.45) is 2.81. The normalized spacial score (nSPS) is 17.8. The highest BCUT2D eigenvalue weighted by Gasteiger charge is 2.38. The van der Waals surface area contributed by atoms with Gasteiger partial charge in [0, 0.05) is 12.7 Å². The summed E-state index contributed by atoms with van der Waals surface area (Å²) in [4.78, 5) is 26.1. The SMILES string of the molecule is COC1(Cn2c(=O)[nH]c(Cl)c(C)c2=O)CCC1. The fourth-order valence-electron chi connectivity index (χ4n) is 2.07. The second-order valence-corrected chi connectivity index (χ2v) is 4.88. The maximum Gasteiger partial charge on any atom is 0.329 e. The lowest BCUT2D eigenvalue weighted by molar-refractivity contribution is -0.0848.